The zero-order valence-corrected chi connectivity index (χ0v) is 14.6. The first kappa shape index (κ1) is 16.8. The number of anilines is 2. The van der Waals surface area contributed by atoms with Crippen LogP contribution < -0.4 is 10.2 Å². The first-order valence-corrected chi connectivity index (χ1v) is 8.75. The molecule has 5 heteroatoms. The number of rotatable bonds is 3. The molecule has 0 saturated carbocycles. The van der Waals surface area contributed by atoms with E-state index in [-0.39, 0.29) is 18.2 Å². The number of nitrogens with zero attached hydrogens (tertiary/aromatic N) is 2. The number of nitriles is 1. The Labute approximate surface area is 156 Å². The van der Waals surface area contributed by atoms with Gasteiger partial charge < -0.3 is 10.2 Å². The summed E-state index contributed by atoms with van der Waals surface area (Å²) in [7, 11) is 0. The Bertz CT molecular complexity index is 1080. The average molecular weight is 355 g/mol. The van der Waals surface area contributed by atoms with Crippen LogP contribution in [0.2, 0.25) is 0 Å². The molecule has 3 aromatic carbocycles. The molecule has 1 saturated heterocycles. The predicted octanol–water partition coefficient (Wildman–Crippen LogP) is 3.70. The fourth-order valence-corrected chi connectivity index (χ4v) is 3.47. The number of amides is 2. The van der Waals surface area contributed by atoms with Gasteiger partial charge in [0.15, 0.2) is 0 Å². The zero-order valence-electron chi connectivity index (χ0n) is 14.6. The predicted molar refractivity (Wildman–Crippen MR) is 104 cm³/mol. The number of hydrogen-bond donors (Lipinski definition) is 1. The monoisotopic (exact) mass is 355 g/mol. The van der Waals surface area contributed by atoms with E-state index in [1.165, 1.54) is 0 Å². The molecule has 3 aromatic rings. The second-order valence-corrected chi connectivity index (χ2v) is 6.59. The largest absolute Gasteiger partial charge is 0.326 e. The van der Waals surface area contributed by atoms with Crippen LogP contribution in [0.5, 0.6) is 0 Å². The fourth-order valence-electron chi connectivity index (χ4n) is 3.47. The van der Waals surface area contributed by atoms with Crippen molar-refractivity contribution in [2.24, 2.45) is 5.92 Å². The topological polar surface area (TPSA) is 73.2 Å². The molecule has 1 N–H and O–H groups in total. The highest BCUT2D eigenvalue weighted by Crippen LogP contribution is 2.32. The Hall–Kier alpha value is -3.65. The molecular weight excluding hydrogens is 338 g/mol. The molecule has 27 heavy (non-hydrogen) atoms. The number of nitrogens with one attached hydrogen (secondary N) is 1. The third-order valence-electron chi connectivity index (χ3n) is 4.81. The minimum Gasteiger partial charge on any atom is -0.326 e. The molecule has 5 nitrogen and oxygen atoms in total. The van der Waals surface area contributed by atoms with E-state index in [1.54, 1.807) is 29.2 Å². The Morgan fingerprint density at radius 2 is 1.85 bits per heavy atom. The molecule has 1 heterocycles. The summed E-state index contributed by atoms with van der Waals surface area (Å²) in [6.07, 6.45) is 0.174. The van der Waals surface area contributed by atoms with Crippen LogP contribution in [-0.2, 0) is 9.59 Å². The Kier molecular flexibility index (Phi) is 4.31. The number of carbonyl (C=O) groups is 2. The van der Waals surface area contributed by atoms with Gasteiger partial charge in [-0.15, -0.1) is 0 Å². The van der Waals surface area contributed by atoms with Crippen LogP contribution in [0.25, 0.3) is 10.8 Å². The first-order valence-electron chi connectivity index (χ1n) is 8.75. The molecule has 4 rings (SSSR count). The molecule has 0 aromatic heterocycles. The van der Waals surface area contributed by atoms with E-state index < -0.39 is 5.92 Å². The summed E-state index contributed by atoms with van der Waals surface area (Å²) >= 11 is 0. The van der Waals surface area contributed by atoms with E-state index in [4.69, 9.17) is 5.26 Å². The normalized spacial score (nSPS) is 16.3. The smallest absolute Gasteiger partial charge is 0.229 e. The maximum absolute atomic E-state index is 12.6. The van der Waals surface area contributed by atoms with Crippen LogP contribution in [0, 0.1) is 17.2 Å². The van der Waals surface area contributed by atoms with E-state index in [0.717, 1.165) is 16.5 Å². The Morgan fingerprint density at radius 3 is 2.70 bits per heavy atom. The van der Waals surface area contributed by atoms with Crippen LogP contribution in [0.3, 0.4) is 0 Å². The standard InChI is InChI=1S/C22H17N3O2/c23-13-15-5-3-8-18(11-15)24-22(27)17-12-21(26)25(14-17)20-10-4-7-16-6-1-2-9-19(16)20/h1-11,17H,12,14H2,(H,24,27). The molecule has 1 aliphatic heterocycles. The van der Waals surface area contributed by atoms with Gasteiger partial charge in [-0.05, 0) is 29.7 Å². The van der Waals surface area contributed by atoms with Crippen molar-refractivity contribution >= 4 is 34.0 Å². The van der Waals surface area contributed by atoms with Gasteiger partial charge in [0, 0.05) is 24.0 Å². The molecule has 1 unspecified atom stereocenters. The lowest BCUT2D eigenvalue weighted by Gasteiger charge is -2.19. The Balaban J connectivity index is 1.55. The number of benzene rings is 3. The van der Waals surface area contributed by atoms with E-state index >= 15 is 0 Å². The zero-order chi connectivity index (χ0) is 18.8. The second kappa shape index (κ2) is 6.93. The van der Waals surface area contributed by atoms with E-state index in [2.05, 4.69) is 5.32 Å². The second-order valence-electron chi connectivity index (χ2n) is 6.59. The molecule has 1 atom stereocenters. The van der Waals surface area contributed by atoms with Crippen molar-refractivity contribution in [3.05, 3.63) is 72.3 Å². The molecule has 0 radical (unpaired) electrons. The molecule has 0 spiro atoms. The van der Waals surface area contributed by atoms with Crippen molar-refractivity contribution in [1.29, 1.82) is 5.26 Å². The van der Waals surface area contributed by atoms with Crippen LogP contribution in [0.1, 0.15) is 12.0 Å². The highest BCUT2D eigenvalue weighted by Gasteiger charge is 2.35. The Morgan fingerprint density at radius 1 is 1.07 bits per heavy atom. The summed E-state index contributed by atoms with van der Waals surface area (Å²) < 4.78 is 0. The third kappa shape index (κ3) is 3.25. The SMILES string of the molecule is N#Cc1cccc(NC(=O)C2CC(=O)N(c3cccc4ccccc34)C2)c1. The number of carbonyl (C=O) groups excluding carboxylic acids is 2. The number of hydrogen-bond acceptors (Lipinski definition) is 3. The van der Waals surface area contributed by atoms with Crippen molar-refractivity contribution in [2.75, 3.05) is 16.8 Å². The molecule has 0 aliphatic carbocycles. The van der Waals surface area contributed by atoms with Gasteiger partial charge in [-0.2, -0.15) is 5.26 Å². The summed E-state index contributed by atoms with van der Waals surface area (Å²) in [5.41, 5.74) is 1.88. The highest BCUT2D eigenvalue weighted by molar-refractivity contribution is 6.08. The quantitative estimate of drug-likeness (QED) is 0.778. The summed E-state index contributed by atoms with van der Waals surface area (Å²) in [6, 6.07) is 22.5. The molecule has 1 aliphatic rings. The molecule has 0 bridgehead atoms. The van der Waals surface area contributed by atoms with Gasteiger partial charge >= 0.3 is 0 Å². The summed E-state index contributed by atoms with van der Waals surface area (Å²) in [4.78, 5) is 26.9. The first-order chi connectivity index (χ1) is 13.2. The van der Waals surface area contributed by atoms with Gasteiger partial charge in [-0.25, -0.2) is 0 Å². The fraction of sp³-hybridized carbons (Fsp3) is 0.136. The highest BCUT2D eigenvalue weighted by atomic mass is 16.2. The molecule has 132 valence electrons. The lowest BCUT2D eigenvalue weighted by molar-refractivity contribution is -0.122. The number of fused-ring (bicyclic) bond motifs is 1. The maximum Gasteiger partial charge on any atom is 0.229 e. The van der Waals surface area contributed by atoms with Crippen molar-refractivity contribution < 1.29 is 9.59 Å². The van der Waals surface area contributed by atoms with Gasteiger partial charge in [-0.1, -0.05) is 42.5 Å². The molecular formula is C22H17N3O2. The van der Waals surface area contributed by atoms with Gasteiger partial charge in [0.2, 0.25) is 11.8 Å². The average Bonchev–Trinajstić information content (AvgIpc) is 3.09. The summed E-state index contributed by atoms with van der Waals surface area (Å²) in [5.74, 6) is -0.694. The van der Waals surface area contributed by atoms with Crippen LogP contribution in [0.4, 0.5) is 11.4 Å². The van der Waals surface area contributed by atoms with Crippen molar-refractivity contribution in [3.8, 4) is 6.07 Å². The lowest BCUT2D eigenvalue weighted by atomic mass is 10.1. The van der Waals surface area contributed by atoms with E-state index in [1.807, 2.05) is 48.5 Å². The van der Waals surface area contributed by atoms with E-state index in [9.17, 15) is 9.59 Å². The van der Waals surface area contributed by atoms with Crippen molar-refractivity contribution in [3.63, 3.8) is 0 Å². The van der Waals surface area contributed by atoms with Gasteiger partial charge in [0.05, 0.1) is 23.2 Å². The van der Waals surface area contributed by atoms with Crippen LogP contribution >= 0.6 is 0 Å². The van der Waals surface area contributed by atoms with Crippen LogP contribution in [0.15, 0.2) is 66.7 Å². The van der Waals surface area contributed by atoms with Gasteiger partial charge in [0.1, 0.15) is 0 Å². The van der Waals surface area contributed by atoms with Crippen molar-refractivity contribution in [1.82, 2.24) is 0 Å². The van der Waals surface area contributed by atoms with Gasteiger partial charge in [-0.3, -0.25) is 9.59 Å². The summed E-state index contributed by atoms with van der Waals surface area (Å²) in [6.45, 7) is 0.344. The lowest BCUT2D eigenvalue weighted by Crippen LogP contribution is -2.28. The maximum atomic E-state index is 12.6. The molecule has 1 fully saturated rings. The van der Waals surface area contributed by atoms with Crippen molar-refractivity contribution in [2.45, 2.75) is 6.42 Å². The third-order valence-corrected chi connectivity index (χ3v) is 4.81. The molecule has 2 amide bonds. The van der Waals surface area contributed by atoms with Crippen LogP contribution in [-0.4, -0.2) is 18.4 Å². The minimum absolute atomic E-state index is 0.0581. The van der Waals surface area contributed by atoms with Gasteiger partial charge in [0.25, 0.3) is 0 Å². The van der Waals surface area contributed by atoms with E-state index in [0.29, 0.717) is 17.8 Å². The minimum atomic E-state index is -0.429. The summed E-state index contributed by atoms with van der Waals surface area (Å²) in [5, 5.41) is 13.9.